The van der Waals surface area contributed by atoms with Crippen LogP contribution in [0.2, 0.25) is 5.15 Å². The van der Waals surface area contributed by atoms with Crippen LogP contribution in [0, 0.1) is 0 Å². The van der Waals surface area contributed by atoms with Gasteiger partial charge in [0.25, 0.3) is 0 Å². The summed E-state index contributed by atoms with van der Waals surface area (Å²) in [6.07, 6.45) is 4.76. The van der Waals surface area contributed by atoms with Crippen LogP contribution < -0.4 is 10.5 Å². The summed E-state index contributed by atoms with van der Waals surface area (Å²) in [6.45, 7) is 0. The molecular formula is C15H13ClN4O3S2. The second kappa shape index (κ2) is 6.96. The average molecular weight is 397 g/mol. The number of fused-ring (bicyclic) bond motifs is 1. The smallest absolute Gasteiger partial charge is 0.248 e. The van der Waals surface area contributed by atoms with Gasteiger partial charge in [-0.3, -0.25) is 9.20 Å². The maximum absolute atomic E-state index is 12.0. The first-order valence-electron chi connectivity index (χ1n) is 7.01. The van der Waals surface area contributed by atoms with E-state index in [-0.39, 0.29) is 11.7 Å². The number of aromatic nitrogens is 2. The van der Waals surface area contributed by atoms with E-state index in [4.69, 9.17) is 16.7 Å². The topological polar surface area (TPSA) is 107 Å². The predicted molar refractivity (Wildman–Crippen MR) is 99.0 cm³/mol. The maximum Gasteiger partial charge on any atom is 0.248 e. The van der Waals surface area contributed by atoms with E-state index in [1.54, 1.807) is 34.7 Å². The van der Waals surface area contributed by atoms with Crippen molar-refractivity contribution in [3.63, 3.8) is 0 Å². The minimum atomic E-state index is -3.58. The Labute approximate surface area is 152 Å². The highest BCUT2D eigenvalue weighted by molar-refractivity contribution is 7.88. The van der Waals surface area contributed by atoms with Crippen molar-refractivity contribution in [3.05, 3.63) is 58.3 Å². The number of nitrogens with one attached hydrogen (secondary N) is 1. The van der Waals surface area contributed by atoms with Crippen LogP contribution in [0.15, 0.2) is 41.9 Å². The zero-order valence-electron chi connectivity index (χ0n) is 12.7. The largest absolute Gasteiger partial charge is 0.323 e. The monoisotopic (exact) mass is 396 g/mol. The Kier molecular flexibility index (Phi) is 4.91. The highest BCUT2D eigenvalue weighted by atomic mass is 35.5. The highest BCUT2D eigenvalue weighted by Crippen LogP contribution is 2.22. The van der Waals surface area contributed by atoms with Crippen LogP contribution in [-0.4, -0.2) is 23.7 Å². The van der Waals surface area contributed by atoms with Gasteiger partial charge in [-0.15, -0.1) is 11.3 Å². The summed E-state index contributed by atoms with van der Waals surface area (Å²) in [5, 5.41) is 9.87. The van der Waals surface area contributed by atoms with E-state index in [2.05, 4.69) is 10.3 Å². The Bertz CT molecular complexity index is 1050. The highest BCUT2D eigenvalue weighted by Gasteiger charge is 2.09. The zero-order valence-corrected chi connectivity index (χ0v) is 15.1. The Balaban J connectivity index is 1.68. The summed E-state index contributed by atoms with van der Waals surface area (Å²) >= 11 is 7.50. The van der Waals surface area contributed by atoms with Gasteiger partial charge in [-0.1, -0.05) is 23.7 Å². The number of sulfonamides is 1. The van der Waals surface area contributed by atoms with Gasteiger partial charge in [-0.05, 0) is 23.8 Å². The first kappa shape index (κ1) is 17.6. The van der Waals surface area contributed by atoms with Crippen molar-refractivity contribution in [2.24, 2.45) is 5.14 Å². The molecule has 0 spiro atoms. The number of carbonyl (C=O) groups is 1. The van der Waals surface area contributed by atoms with Crippen LogP contribution in [0.1, 0.15) is 11.3 Å². The number of rotatable bonds is 5. The van der Waals surface area contributed by atoms with Crippen LogP contribution in [0.25, 0.3) is 11.0 Å². The van der Waals surface area contributed by atoms with Crippen molar-refractivity contribution in [1.29, 1.82) is 0 Å². The number of carbonyl (C=O) groups excluding carboxylic acids is 1. The average Bonchev–Trinajstić information content (AvgIpc) is 3.06. The Morgan fingerprint density at radius 2 is 2.08 bits per heavy atom. The third kappa shape index (κ3) is 4.45. The number of imidazole rings is 1. The Hall–Kier alpha value is -2.20. The number of anilines is 1. The minimum Gasteiger partial charge on any atom is -0.323 e. The fourth-order valence-electron chi connectivity index (χ4n) is 2.18. The zero-order chi connectivity index (χ0) is 18.0. The van der Waals surface area contributed by atoms with Gasteiger partial charge in [0.1, 0.15) is 0 Å². The number of hydrogen-bond donors (Lipinski definition) is 2. The van der Waals surface area contributed by atoms with Crippen molar-refractivity contribution in [2.45, 2.75) is 5.75 Å². The lowest BCUT2D eigenvalue weighted by molar-refractivity contribution is -0.111. The number of benzene rings is 1. The van der Waals surface area contributed by atoms with Crippen LogP contribution in [0.5, 0.6) is 0 Å². The number of thiazole rings is 1. The molecule has 1 amide bonds. The lowest BCUT2D eigenvalue weighted by Gasteiger charge is -2.04. The van der Waals surface area contributed by atoms with Gasteiger partial charge in [0, 0.05) is 23.3 Å². The van der Waals surface area contributed by atoms with E-state index in [0.29, 0.717) is 22.1 Å². The predicted octanol–water partition coefficient (Wildman–Crippen LogP) is 2.49. The molecule has 0 atom stereocenters. The molecule has 0 fully saturated rings. The molecule has 3 N–H and O–H groups in total. The van der Waals surface area contributed by atoms with Crippen molar-refractivity contribution in [3.8, 4) is 0 Å². The second-order valence-electron chi connectivity index (χ2n) is 5.17. The molecule has 3 rings (SSSR count). The molecule has 7 nitrogen and oxygen atoms in total. The van der Waals surface area contributed by atoms with E-state index in [1.165, 1.54) is 17.4 Å². The second-order valence-corrected chi connectivity index (χ2v) is 8.02. The standard InChI is InChI=1S/C15H13ClN4O3S2/c16-14-12(20-7-8-24-15(20)19-14)5-6-13(21)18-11-3-1-10(2-4-11)9-25(17,22)23/h1-8H,9H2,(H,18,21)(H2,17,22,23)/b6-5+. The lowest BCUT2D eigenvalue weighted by atomic mass is 10.2. The molecule has 2 heterocycles. The van der Waals surface area contributed by atoms with Gasteiger partial charge in [0.15, 0.2) is 10.1 Å². The SMILES string of the molecule is NS(=O)(=O)Cc1ccc(NC(=O)/C=C/c2c(Cl)nc3sccn23)cc1. The van der Waals surface area contributed by atoms with Crippen LogP contribution in [0.3, 0.4) is 0 Å². The van der Waals surface area contributed by atoms with Gasteiger partial charge in [0.05, 0.1) is 11.4 Å². The number of hydrogen-bond acceptors (Lipinski definition) is 5. The van der Waals surface area contributed by atoms with Crippen LogP contribution in [0.4, 0.5) is 5.69 Å². The van der Waals surface area contributed by atoms with Gasteiger partial charge in [0.2, 0.25) is 15.9 Å². The van der Waals surface area contributed by atoms with Gasteiger partial charge in [-0.25, -0.2) is 18.5 Å². The van der Waals surface area contributed by atoms with E-state index in [9.17, 15) is 13.2 Å². The lowest BCUT2D eigenvalue weighted by Crippen LogP contribution is -2.14. The fraction of sp³-hybridized carbons (Fsp3) is 0.0667. The summed E-state index contributed by atoms with van der Waals surface area (Å²) in [6, 6.07) is 6.39. The number of amides is 1. The number of nitrogens with zero attached hydrogens (tertiary/aromatic N) is 2. The Morgan fingerprint density at radius 3 is 2.76 bits per heavy atom. The molecule has 0 unspecified atom stereocenters. The molecule has 1 aromatic carbocycles. The van der Waals surface area contributed by atoms with Crippen molar-refractivity contribution < 1.29 is 13.2 Å². The van der Waals surface area contributed by atoms with Crippen molar-refractivity contribution in [1.82, 2.24) is 9.38 Å². The van der Waals surface area contributed by atoms with Crippen LogP contribution in [-0.2, 0) is 20.6 Å². The van der Waals surface area contributed by atoms with E-state index < -0.39 is 10.0 Å². The molecule has 0 saturated heterocycles. The molecule has 3 aromatic rings. The molecule has 2 aromatic heterocycles. The number of primary sulfonamides is 1. The third-order valence-electron chi connectivity index (χ3n) is 3.24. The van der Waals surface area contributed by atoms with Crippen LogP contribution >= 0.6 is 22.9 Å². The molecule has 0 bridgehead atoms. The first-order chi connectivity index (χ1) is 11.8. The quantitative estimate of drug-likeness (QED) is 0.646. The number of nitrogens with two attached hydrogens (primary N) is 1. The maximum atomic E-state index is 12.0. The molecule has 0 radical (unpaired) electrons. The summed E-state index contributed by atoms with van der Waals surface area (Å²) in [5.41, 5.74) is 1.70. The van der Waals surface area contributed by atoms with E-state index in [1.807, 2.05) is 11.6 Å². The first-order valence-corrected chi connectivity index (χ1v) is 9.99. The summed E-state index contributed by atoms with van der Waals surface area (Å²) in [7, 11) is -3.58. The molecule has 0 aliphatic carbocycles. The molecule has 0 aliphatic rings. The van der Waals surface area contributed by atoms with Gasteiger partial charge < -0.3 is 5.32 Å². The summed E-state index contributed by atoms with van der Waals surface area (Å²) in [5.74, 6) is -0.599. The van der Waals surface area contributed by atoms with Gasteiger partial charge >= 0.3 is 0 Å². The summed E-state index contributed by atoms with van der Waals surface area (Å²) in [4.78, 5) is 16.9. The Morgan fingerprint density at radius 1 is 1.36 bits per heavy atom. The molecule has 0 saturated carbocycles. The van der Waals surface area contributed by atoms with E-state index >= 15 is 0 Å². The van der Waals surface area contributed by atoms with E-state index in [0.717, 1.165) is 4.96 Å². The number of halogens is 1. The molecule has 0 aliphatic heterocycles. The van der Waals surface area contributed by atoms with Gasteiger partial charge in [-0.2, -0.15) is 0 Å². The third-order valence-corrected chi connectivity index (χ3v) is 5.01. The normalized spacial score (nSPS) is 12.1. The fourth-order valence-corrected chi connectivity index (χ4v) is 3.84. The molecular weight excluding hydrogens is 384 g/mol. The molecule has 130 valence electrons. The molecule has 10 heteroatoms. The van der Waals surface area contributed by atoms with Crippen molar-refractivity contribution in [2.75, 3.05) is 5.32 Å². The minimum absolute atomic E-state index is 0.252. The molecule has 25 heavy (non-hydrogen) atoms. The summed E-state index contributed by atoms with van der Waals surface area (Å²) < 4.78 is 23.9. The van der Waals surface area contributed by atoms with Crippen molar-refractivity contribution >= 4 is 55.6 Å².